The molecule has 0 saturated carbocycles. The van der Waals surface area contributed by atoms with Crippen LogP contribution in [0.4, 0.5) is 5.69 Å². The monoisotopic (exact) mass is 377 g/mol. The Morgan fingerprint density at radius 2 is 1.96 bits per heavy atom. The Morgan fingerprint density at radius 3 is 2.74 bits per heavy atom. The van der Waals surface area contributed by atoms with E-state index < -0.39 is 0 Å². The van der Waals surface area contributed by atoms with E-state index in [1.54, 1.807) is 4.68 Å². The molecular formula is C19H15N5O2S. The Labute approximate surface area is 158 Å². The number of para-hydroxylation sites is 1. The molecular weight excluding hydrogens is 362 g/mol. The van der Waals surface area contributed by atoms with Crippen LogP contribution in [0.5, 0.6) is 0 Å². The first kappa shape index (κ1) is 17.0. The van der Waals surface area contributed by atoms with E-state index in [1.807, 2.05) is 55.5 Å². The predicted molar refractivity (Wildman–Crippen MR) is 103 cm³/mol. The minimum atomic E-state index is -0.307. The second-order valence-corrected chi connectivity index (χ2v) is 7.00. The predicted octanol–water partition coefficient (Wildman–Crippen LogP) is 2.70. The number of anilines is 1. The van der Waals surface area contributed by atoms with Crippen molar-refractivity contribution in [3.8, 4) is 5.69 Å². The first-order chi connectivity index (χ1) is 13.0. The van der Waals surface area contributed by atoms with E-state index in [2.05, 4.69) is 20.6 Å². The minimum Gasteiger partial charge on any atom is -0.320 e. The van der Waals surface area contributed by atoms with Gasteiger partial charge >= 0.3 is 0 Å². The summed E-state index contributed by atoms with van der Waals surface area (Å²) in [6.45, 7) is 3.43. The average molecular weight is 377 g/mol. The van der Waals surface area contributed by atoms with Gasteiger partial charge in [-0.25, -0.2) is 4.68 Å². The summed E-state index contributed by atoms with van der Waals surface area (Å²) < 4.78 is 1.57. The van der Waals surface area contributed by atoms with E-state index >= 15 is 0 Å². The van der Waals surface area contributed by atoms with Crippen molar-refractivity contribution in [1.82, 2.24) is 9.78 Å². The highest BCUT2D eigenvalue weighted by atomic mass is 32.1. The molecule has 0 unspecified atom stereocenters. The van der Waals surface area contributed by atoms with Crippen molar-refractivity contribution in [1.29, 1.82) is 0 Å². The molecule has 1 amide bonds. The van der Waals surface area contributed by atoms with Gasteiger partial charge in [-0.05, 0) is 30.7 Å². The number of aromatic nitrogens is 2. The number of rotatable bonds is 3. The Morgan fingerprint density at radius 1 is 1.15 bits per heavy atom. The lowest BCUT2D eigenvalue weighted by atomic mass is 10.1. The highest BCUT2D eigenvalue weighted by Gasteiger charge is 2.25. The van der Waals surface area contributed by atoms with Crippen LogP contribution < -0.4 is 10.1 Å². The fourth-order valence-electron chi connectivity index (χ4n) is 2.71. The van der Waals surface area contributed by atoms with Gasteiger partial charge in [-0.1, -0.05) is 41.7 Å². The Hall–Kier alpha value is -3.39. The molecule has 1 aliphatic heterocycles. The topological polar surface area (TPSA) is 88.7 Å². The number of amides is 1. The smallest absolute Gasteiger partial charge is 0.276 e. The molecule has 0 bridgehead atoms. The summed E-state index contributed by atoms with van der Waals surface area (Å²) in [6.07, 6.45) is 0. The third kappa shape index (κ3) is 3.22. The van der Waals surface area contributed by atoms with E-state index in [0.29, 0.717) is 21.1 Å². The fraction of sp³-hybridized carbons (Fsp3) is 0.105. The summed E-state index contributed by atoms with van der Waals surface area (Å²) in [4.78, 5) is 24.4. The van der Waals surface area contributed by atoms with E-state index in [-0.39, 0.29) is 17.4 Å². The van der Waals surface area contributed by atoms with Gasteiger partial charge in [0.1, 0.15) is 0 Å². The van der Waals surface area contributed by atoms with Crippen molar-refractivity contribution in [3.63, 3.8) is 0 Å². The lowest BCUT2D eigenvalue weighted by Crippen LogP contribution is -2.17. The number of carbonyl (C=O) groups excluding carboxylic acids is 2. The van der Waals surface area contributed by atoms with E-state index in [1.165, 1.54) is 6.92 Å². The number of fused-ring (bicyclic) bond motifs is 1. The van der Waals surface area contributed by atoms with Crippen molar-refractivity contribution >= 4 is 34.4 Å². The number of benzene rings is 2. The summed E-state index contributed by atoms with van der Waals surface area (Å²) in [5.41, 5.74) is 3.47. The molecule has 2 aromatic carbocycles. The van der Waals surface area contributed by atoms with Crippen LogP contribution in [0.2, 0.25) is 0 Å². The van der Waals surface area contributed by atoms with E-state index in [4.69, 9.17) is 0 Å². The van der Waals surface area contributed by atoms with Crippen LogP contribution in [0.15, 0.2) is 58.7 Å². The molecule has 1 aliphatic rings. The molecule has 7 nitrogen and oxygen atoms in total. The highest BCUT2D eigenvalue weighted by Crippen LogP contribution is 2.22. The number of nitrogens with one attached hydrogen (secondary N) is 1. The number of nitrogens with zero attached hydrogens (tertiary/aromatic N) is 4. The van der Waals surface area contributed by atoms with Gasteiger partial charge in [0.05, 0.1) is 11.4 Å². The van der Waals surface area contributed by atoms with E-state index in [0.717, 1.165) is 22.6 Å². The van der Waals surface area contributed by atoms with E-state index in [9.17, 15) is 9.59 Å². The number of hydrogen-bond acceptors (Lipinski definition) is 6. The van der Waals surface area contributed by atoms with Crippen LogP contribution in [-0.4, -0.2) is 27.2 Å². The van der Waals surface area contributed by atoms with Gasteiger partial charge in [-0.15, -0.1) is 10.2 Å². The highest BCUT2D eigenvalue weighted by molar-refractivity contribution is 7.11. The standard InChI is InChI=1S/C19H15N5O2S/c1-11-6-5-7-13(10-11)24-19(27-18(23-24)12(2)25)22-21-16-14-8-3-4-9-15(14)20-17(16)26/h3-10H,1-2H3,(H,20,21,26)/b22-19+. The number of carbonyl (C=O) groups is 2. The minimum absolute atomic E-state index is 0.153. The molecule has 1 N–H and O–H groups in total. The molecule has 4 rings (SSSR count). The maximum atomic E-state index is 12.2. The average Bonchev–Trinajstić information content (AvgIpc) is 3.20. The summed E-state index contributed by atoms with van der Waals surface area (Å²) in [5.74, 6) is -0.460. The number of Topliss-reactive ketones (excluding diaryl/α,β-unsaturated/α-hetero) is 1. The van der Waals surface area contributed by atoms with Crippen molar-refractivity contribution < 1.29 is 9.59 Å². The molecule has 2 heterocycles. The largest absolute Gasteiger partial charge is 0.320 e. The van der Waals surface area contributed by atoms with Crippen molar-refractivity contribution in [2.75, 3.05) is 5.32 Å². The summed E-state index contributed by atoms with van der Waals surface area (Å²) in [7, 11) is 0. The molecule has 134 valence electrons. The number of ketones is 1. The zero-order chi connectivity index (χ0) is 19.0. The Kier molecular flexibility index (Phi) is 4.25. The summed E-state index contributed by atoms with van der Waals surface area (Å²) in [5, 5.41) is 15.8. The van der Waals surface area contributed by atoms with Gasteiger partial charge in [0.2, 0.25) is 4.80 Å². The van der Waals surface area contributed by atoms with Gasteiger partial charge in [-0.3, -0.25) is 9.59 Å². The van der Waals surface area contributed by atoms with Crippen LogP contribution in [0.25, 0.3) is 5.69 Å². The second kappa shape index (κ2) is 6.73. The van der Waals surface area contributed by atoms with Crippen LogP contribution in [0, 0.1) is 6.92 Å². The van der Waals surface area contributed by atoms with Crippen LogP contribution in [0.3, 0.4) is 0 Å². The third-order valence-corrected chi connectivity index (χ3v) is 4.99. The zero-order valence-corrected chi connectivity index (χ0v) is 15.4. The van der Waals surface area contributed by atoms with Crippen LogP contribution >= 0.6 is 11.3 Å². The van der Waals surface area contributed by atoms with Gasteiger partial charge in [0.25, 0.3) is 5.91 Å². The molecule has 0 fully saturated rings. The van der Waals surface area contributed by atoms with Gasteiger partial charge in [0.15, 0.2) is 16.5 Å². The number of hydrogen-bond donors (Lipinski definition) is 1. The second-order valence-electron chi connectivity index (χ2n) is 6.05. The quantitative estimate of drug-likeness (QED) is 0.562. The third-order valence-electron chi connectivity index (χ3n) is 3.99. The molecule has 0 aliphatic carbocycles. The molecule has 0 radical (unpaired) electrons. The maximum absolute atomic E-state index is 12.2. The lowest BCUT2D eigenvalue weighted by Gasteiger charge is -2.01. The Bertz CT molecular complexity index is 1170. The first-order valence-electron chi connectivity index (χ1n) is 8.23. The van der Waals surface area contributed by atoms with Crippen LogP contribution in [-0.2, 0) is 4.79 Å². The fourth-order valence-corrected chi connectivity index (χ4v) is 3.46. The van der Waals surface area contributed by atoms with Crippen molar-refractivity contribution in [2.24, 2.45) is 10.2 Å². The molecule has 8 heteroatoms. The Balaban J connectivity index is 1.86. The molecule has 1 aromatic heterocycles. The van der Waals surface area contributed by atoms with Crippen molar-refractivity contribution in [3.05, 3.63) is 69.5 Å². The maximum Gasteiger partial charge on any atom is 0.276 e. The molecule has 0 atom stereocenters. The zero-order valence-electron chi connectivity index (χ0n) is 14.6. The molecule has 0 saturated heterocycles. The normalized spacial score (nSPS) is 15.1. The molecule has 0 spiro atoms. The van der Waals surface area contributed by atoms with Crippen molar-refractivity contribution in [2.45, 2.75) is 13.8 Å². The first-order valence-corrected chi connectivity index (χ1v) is 9.05. The lowest BCUT2D eigenvalue weighted by molar-refractivity contribution is -0.110. The van der Waals surface area contributed by atoms with Gasteiger partial charge in [-0.2, -0.15) is 5.10 Å². The number of aryl methyl sites for hydroxylation is 1. The SMILES string of the molecule is CC(=O)c1nn(-c2cccc(C)c2)/c(=N\N=C2/C(=O)Nc3ccccc32)s1. The molecule has 27 heavy (non-hydrogen) atoms. The summed E-state index contributed by atoms with van der Waals surface area (Å²) in [6, 6.07) is 15.0. The molecule has 3 aromatic rings. The van der Waals surface area contributed by atoms with Gasteiger partial charge < -0.3 is 5.32 Å². The summed E-state index contributed by atoms with van der Waals surface area (Å²) >= 11 is 1.13. The van der Waals surface area contributed by atoms with Gasteiger partial charge in [0, 0.05) is 12.5 Å². The van der Waals surface area contributed by atoms with Crippen LogP contribution in [0.1, 0.15) is 27.9 Å².